The molecule has 1 heterocycles. The number of hydrogen-bond acceptors (Lipinski definition) is 5. The van der Waals surface area contributed by atoms with Gasteiger partial charge in [-0.1, -0.05) is 59.7 Å². The maximum Gasteiger partial charge on any atom is 0.510 e. The Hall–Kier alpha value is -4.15. The average molecular weight is 623 g/mol. The molecule has 0 bridgehead atoms. The lowest BCUT2D eigenvalue weighted by molar-refractivity contribution is 0.0240. The van der Waals surface area contributed by atoms with Gasteiger partial charge in [0.25, 0.3) is 0 Å². The van der Waals surface area contributed by atoms with Crippen LogP contribution in [0.2, 0.25) is 0 Å². The fraction of sp³-hybridized carbons (Fsp3) is 0.412. The topological polar surface area (TPSA) is 71.1 Å². The molecular weight excluding hydrogens is 582 g/mol. The fourth-order valence-electron chi connectivity index (χ4n) is 6.76. The molecule has 1 fully saturated rings. The zero-order chi connectivity index (χ0) is 32.7. The third-order valence-electron chi connectivity index (χ3n) is 8.75. The number of fused-ring (bicyclic) bond motifs is 3. The van der Waals surface area contributed by atoms with E-state index in [0.717, 1.165) is 22.3 Å². The summed E-state index contributed by atoms with van der Waals surface area (Å²) >= 11 is 0. The largest absolute Gasteiger partial charge is 0.510 e. The van der Waals surface area contributed by atoms with Crippen LogP contribution in [-0.4, -0.2) is 62.5 Å². The Bertz CT molecular complexity index is 1570. The maximum absolute atomic E-state index is 14.5. The van der Waals surface area contributed by atoms with E-state index in [9.17, 15) is 22.5 Å². The number of halogens is 3. The first-order chi connectivity index (χ1) is 21.2. The van der Waals surface area contributed by atoms with Gasteiger partial charge in [0.05, 0.1) is 0 Å². The second-order valence-corrected chi connectivity index (χ2v) is 12.8. The van der Waals surface area contributed by atoms with Crippen molar-refractivity contribution in [1.82, 2.24) is 10.2 Å². The molecule has 0 atom stereocenters. The summed E-state index contributed by atoms with van der Waals surface area (Å²) in [5, 5.41) is 2.71. The highest BCUT2D eigenvalue weighted by molar-refractivity contribution is 6.74. The summed E-state index contributed by atoms with van der Waals surface area (Å²) in [4.78, 5) is 29.0. The smallest absolute Gasteiger partial charge is 0.449 e. The standard InChI is InChI=1S/C34H40BF3N3O4/c1-21-28(19-39-32(42)44-20-29-26-13-9-7-11-24(26)25-12-8-10-14-27(25)29)22(2)31(23(3)30(21)35(36,37)38)40-15-17-41(18-16-40)33(43)45-34(4,5)6/h7-14,29H,15-20H2,1-6H3,(H,39,42)/q-1. The molecule has 1 N–H and O–H groups in total. The van der Waals surface area contributed by atoms with Crippen molar-refractivity contribution in [3.8, 4) is 11.1 Å². The van der Waals surface area contributed by atoms with Crippen molar-refractivity contribution in [2.24, 2.45) is 0 Å². The summed E-state index contributed by atoms with van der Waals surface area (Å²) in [6.45, 7) is 6.14. The van der Waals surface area contributed by atoms with Crippen LogP contribution in [0.15, 0.2) is 48.5 Å². The van der Waals surface area contributed by atoms with Crippen LogP contribution < -0.4 is 15.7 Å². The molecule has 45 heavy (non-hydrogen) atoms. The van der Waals surface area contributed by atoms with E-state index >= 15 is 0 Å². The van der Waals surface area contributed by atoms with Crippen LogP contribution in [0, 0.1) is 20.8 Å². The summed E-state index contributed by atoms with van der Waals surface area (Å²) < 4.78 is 54.6. The van der Waals surface area contributed by atoms with E-state index < -0.39 is 30.2 Å². The summed E-state index contributed by atoms with van der Waals surface area (Å²) in [6.07, 6.45) is -1.13. The van der Waals surface area contributed by atoms with Gasteiger partial charge in [-0.15, -0.1) is 5.46 Å². The molecule has 1 aliphatic carbocycles. The number of amides is 2. The van der Waals surface area contributed by atoms with Crippen LogP contribution in [0.3, 0.4) is 0 Å². The molecule has 240 valence electrons. The highest BCUT2D eigenvalue weighted by atomic mass is 19.4. The number of carbonyl (C=O) groups is 2. The zero-order valence-electron chi connectivity index (χ0n) is 26.7. The lowest BCUT2D eigenvalue weighted by Gasteiger charge is -2.40. The Labute approximate surface area is 262 Å². The number of ether oxygens (including phenoxy) is 2. The summed E-state index contributed by atoms with van der Waals surface area (Å²) in [6, 6.07) is 16.0. The van der Waals surface area contributed by atoms with Crippen molar-refractivity contribution < 1.29 is 32.0 Å². The third kappa shape index (κ3) is 6.62. The van der Waals surface area contributed by atoms with Crippen molar-refractivity contribution in [1.29, 1.82) is 0 Å². The lowest BCUT2D eigenvalue weighted by atomic mass is 9.71. The second-order valence-electron chi connectivity index (χ2n) is 12.8. The number of anilines is 1. The minimum Gasteiger partial charge on any atom is -0.449 e. The van der Waals surface area contributed by atoms with Crippen molar-refractivity contribution >= 4 is 30.3 Å². The molecule has 2 aliphatic rings. The maximum atomic E-state index is 14.5. The lowest BCUT2D eigenvalue weighted by Crippen LogP contribution is -2.51. The Kier molecular flexibility index (Phi) is 8.84. The van der Waals surface area contributed by atoms with E-state index in [0.29, 0.717) is 43.0 Å². The van der Waals surface area contributed by atoms with Gasteiger partial charge in [0, 0.05) is 44.3 Å². The molecule has 11 heteroatoms. The van der Waals surface area contributed by atoms with Crippen LogP contribution in [0.1, 0.15) is 60.1 Å². The number of alkyl carbamates (subject to hydrolysis) is 1. The van der Waals surface area contributed by atoms with Gasteiger partial charge in [-0.3, -0.25) is 0 Å². The van der Waals surface area contributed by atoms with Crippen LogP contribution in [0.25, 0.3) is 11.1 Å². The molecule has 3 aromatic carbocycles. The first-order valence-electron chi connectivity index (χ1n) is 15.3. The molecule has 0 unspecified atom stereocenters. The van der Waals surface area contributed by atoms with Gasteiger partial charge in [0.15, 0.2) is 0 Å². The minimum absolute atomic E-state index is 0.104. The Morgan fingerprint density at radius 1 is 0.867 bits per heavy atom. The molecule has 2 amide bonds. The molecule has 0 radical (unpaired) electrons. The predicted molar refractivity (Wildman–Crippen MR) is 171 cm³/mol. The molecule has 0 spiro atoms. The Balaban J connectivity index is 1.32. The van der Waals surface area contributed by atoms with Gasteiger partial charge in [-0.05, 0) is 74.9 Å². The number of benzene rings is 3. The molecule has 0 aromatic heterocycles. The fourth-order valence-corrected chi connectivity index (χ4v) is 6.76. The Morgan fingerprint density at radius 2 is 1.42 bits per heavy atom. The van der Waals surface area contributed by atoms with Gasteiger partial charge >= 0.3 is 19.2 Å². The SMILES string of the molecule is Cc1c(CNC(=O)OCC2c3ccccc3-c3ccccc32)c(C)c([B-](F)(F)F)c(C)c1N1CCN(C(=O)OC(C)(C)C)CC1. The van der Waals surface area contributed by atoms with E-state index in [-0.39, 0.29) is 30.2 Å². The number of nitrogens with zero attached hydrogens (tertiary/aromatic N) is 2. The van der Waals surface area contributed by atoms with Crippen molar-refractivity contribution in [3.63, 3.8) is 0 Å². The predicted octanol–water partition coefficient (Wildman–Crippen LogP) is 6.76. The Morgan fingerprint density at radius 3 is 1.96 bits per heavy atom. The number of rotatable bonds is 6. The van der Waals surface area contributed by atoms with E-state index in [1.54, 1.807) is 32.6 Å². The van der Waals surface area contributed by atoms with Gasteiger partial charge in [-0.2, -0.15) is 0 Å². The highest BCUT2D eigenvalue weighted by Gasteiger charge is 2.35. The van der Waals surface area contributed by atoms with Crippen LogP contribution in [-0.2, 0) is 16.0 Å². The molecule has 5 rings (SSSR count). The first kappa shape index (κ1) is 32.3. The van der Waals surface area contributed by atoms with Gasteiger partial charge in [0.1, 0.15) is 12.2 Å². The van der Waals surface area contributed by atoms with Crippen LogP contribution in [0.5, 0.6) is 0 Å². The number of hydrogen-bond donors (Lipinski definition) is 1. The number of nitrogens with one attached hydrogen (secondary N) is 1. The molecule has 1 aliphatic heterocycles. The van der Waals surface area contributed by atoms with Crippen molar-refractivity contribution in [2.75, 3.05) is 37.7 Å². The number of piperazine rings is 1. The highest BCUT2D eigenvalue weighted by Crippen LogP contribution is 2.44. The van der Waals surface area contributed by atoms with Gasteiger partial charge in [-0.25, -0.2) is 9.59 Å². The van der Waals surface area contributed by atoms with E-state index in [1.807, 2.05) is 53.4 Å². The normalized spacial score (nSPS) is 15.0. The van der Waals surface area contributed by atoms with Crippen LogP contribution >= 0.6 is 0 Å². The van der Waals surface area contributed by atoms with E-state index in [2.05, 4.69) is 5.32 Å². The third-order valence-corrected chi connectivity index (χ3v) is 8.75. The zero-order valence-corrected chi connectivity index (χ0v) is 26.7. The molecule has 0 saturated carbocycles. The van der Waals surface area contributed by atoms with Crippen LogP contribution in [0.4, 0.5) is 28.2 Å². The van der Waals surface area contributed by atoms with Crippen molar-refractivity contribution in [2.45, 2.75) is 59.6 Å². The molecule has 7 nitrogen and oxygen atoms in total. The summed E-state index contributed by atoms with van der Waals surface area (Å²) in [5.74, 6) is -0.128. The molecular formula is C34H40BF3N3O4-. The average Bonchev–Trinajstić information content (AvgIpc) is 3.28. The van der Waals surface area contributed by atoms with Gasteiger partial charge < -0.3 is 37.5 Å². The summed E-state index contributed by atoms with van der Waals surface area (Å²) in [7, 11) is 0. The van der Waals surface area contributed by atoms with E-state index in [1.165, 1.54) is 13.8 Å². The monoisotopic (exact) mass is 622 g/mol. The van der Waals surface area contributed by atoms with Gasteiger partial charge in [0.2, 0.25) is 0 Å². The molecule has 3 aromatic rings. The quantitative estimate of drug-likeness (QED) is 0.308. The van der Waals surface area contributed by atoms with Crippen molar-refractivity contribution in [3.05, 3.63) is 81.9 Å². The first-order valence-corrected chi connectivity index (χ1v) is 15.3. The second kappa shape index (κ2) is 12.3. The van der Waals surface area contributed by atoms with E-state index in [4.69, 9.17) is 9.47 Å². The molecule has 1 saturated heterocycles. The minimum atomic E-state index is -5.33. The summed E-state index contributed by atoms with van der Waals surface area (Å²) in [5.41, 5.74) is 4.90. The number of carbonyl (C=O) groups excluding carboxylic acids is 2.